The van der Waals surface area contributed by atoms with Crippen LogP contribution in [0.5, 0.6) is 0 Å². The number of hydrogen-bond acceptors (Lipinski definition) is 3. The minimum atomic E-state index is -0.0903. The van der Waals surface area contributed by atoms with Gasteiger partial charge in [-0.2, -0.15) is 0 Å². The fourth-order valence-electron chi connectivity index (χ4n) is 1.99. The van der Waals surface area contributed by atoms with Crippen molar-refractivity contribution >= 4 is 5.91 Å². The molecule has 114 valence electrons. The molecule has 0 saturated carbocycles. The van der Waals surface area contributed by atoms with Gasteiger partial charge in [0.2, 0.25) is 0 Å². The van der Waals surface area contributed by atoms with Gasteiger partial charge in [0.25, 0.3) is 5.91 Å². The van der Waals surface area contributed by atoms with Gasteiger partial charge < -0.3 is 11.1 Å². The molecule has 4 heteroatoms. The number of hydrogen-bond donors (Lipinski definition) is 2. The topological polar surface area (TPSA) is 68.0 Å². The Morgan fingerprint density at radius 2 is 2.00 bits per heavy atom. The normalized spacial score (nSPS) is 9.81. The lowest BCUT2D eigenvalue weighted by atomic mass is 10.1. The number of nitrogens with one attached hydrogen (secondary N) is 1. The highest BCUT2D eigenvalue weighted by Crippen LogP contribution is 2.05. The SMILES string of the molecule is CCCCCCCCNC(=O)c1cncc(C#CCN)c1. The molecule has 1 rings (SSSR count). The quantitative estimate of drug-likeness (QED) is 0.570. The van der Waals surface area contributed by atoms with Crippen molar-refractivity contribution in [3.8, 4) is 11.8 Å². The average molecular weight is 287 g/mol. The van der Waals surface area contributed by atoms with Gasteiger partial charge in [-0.3, -0.25) is 9.78 Å². The van der Waals surface area contributed by atoms with E-state index in [9.17, 15) is 4.79 Å². The van der Waals surface area contributed by atoms with Crippen molar-refractivity contribution in [3.05, 3.63) is 29.6 Å². The van der Waals surface area contributed by atoms with Crippen molar-refractivity contribution in [2.45, 2.75) is 45.4 Å². The van der Waals surface area contributed by atoms with E-state index < -0.39 is 0 Å². The number of aromatic nitrogens is 1. The van der Waals surface area contributed by atoms with Crippen molar-refractivity contribution < 1.29 is 4.79 Å². The summed E-state index contributed by atoms with van der Waals surface area (Å²) in [7, 11) is 0. The van der Waals surface area contributed by atoms with E-state index in [0.717, 1.165) is 6.42 Å². The highest BCUT2D eigenvalue weighted by atomic mass is 16.1. The summed E-state index contributed by atoms with van der Waals surface area (Å²) < 4.78 is 0. The van der Waals surface area contributed by atoms with Crippen molar-refractivity contribution in [1.29, 1.82) is 0 Å². The largest absolute Gasteiger partial charge is 0.352 e. The van der Waals surface area contributed by atoms with Gasteiger partial charge >= 0.3 is 0 Å². The summed E-state index contributed by atoms with van der Waals surface area (Å²) in [6, 6.07) is 1.74. The molecule has 21 heavy (non-hydrogen) atoms. The summed E-state index contributed by atoms with van der Waals surface area (Å²) in [6.07, 6.45) is 10.5. The molecule has 0 unspecified atom stereocenters. The molecule has 1 heterocycles. The summed E-state index contributed by atoms with van der Waals surface area (Å²) >= 11 is 0. The first-order valence-corrected chi connectivity index (χ1v) is 7.70. The van der Waals surface area contributed by atoms with E-state index in [-0.39, 0.29) is 5.91 Å². The van der Waals surface area contributed by atoms with Crippen LogP contribution in [-0.2, 0) is 0 Å². The van der Waals surface area contributed by atoms with Crippen LogP contribution >= 0.6 is 0 Å². The molecule has 4 nitrogen and oxygen atoms in total. The third-order valence-electron chi connectivity index (χ3n) is 3.15. The van der Waals surface area contributed by atoms with Crippen LogP contribution in [0.15, 0.2) is 18.5 Å². The van der Waals surface area contributed by atoms with E-state index in [0.29, 0.717) is 24.2 Å². The Morgan fingerprint density at radius 3 is 2.76 bits per heavy atom. The first-order valence-electron chi connectivity index (χ1n) is 7.70. The molecule has 1 aromatic rings. The fourth-order valence-corrected chi connectivity index (χ4v) is 1.99. The van der Waals surface area contributed by atoms with Gasteiger partial charge in [-0.25, -0.2) is 0 Å². The van der Waals surface area contributed by atoms with Crippen LogP contribution in [0.1, 0.15) is 61.4 Å². The van der Waals surface area contributed by atoms with Crippen LogP contribution < -0.4 is 11.1 Å². The summed E-state index contributed by atoms with van der Waals surface area (Å²) in [5.74, 6) is 5.54. The summed E-state index contributed by atoms with van der Waals surface area (Å²) in [4.78, 5) is 16.0. The fraction of sp³-hybridized carbons (Fsp3) is 0.529. The van der Waals surface area contributed by atoms with Gasteiger partial charge in [-0.05, 0) is 12.5 Å². The molecular formula is C17H25N3O. The number of carbonyl (C=O) groups excluding carboxylic acids is 1. The van der Waals surface area contributed by atoms with Gasteiger partial charge in [-0.15, -0.1) is 0 Å². The van der Waals surface area contributed by atoms with E-state index in [1.807, 2.05) is 0 Å². The first kappa shape index (κ1) is 17.2. The lowest BCUT2D eigenvalue weighted by Crippen LogP contribution is -2.24. The zero-order valence-electron chi connectivity index (χ0n) is 12.8. The maximum Gasteiger partial charge on any atom is 0.252 e. The van der Waals surface area contributed by atoms with Gasteiger partial charge in [0, 0.05) is 24.5 Å². The van der Waals surface area contributed by atoms with Crippen LogP contribution in [0.25, 0.3) is 0 Å². The van der Waals surface area contributed by atoms with Crippen molar-refractivity contribution in [2.75, 3.05) is 13.1 Å². The van der Waals surface area contributed by atoms with Gasteiger partial charge in [0.05, 0.1) is 12.1 Å². The molecule has 0 saturated heterocycles. The average Bonchev–Trinajstić information content (AvgIpc) is 2.52. The minimum Gasteiger partial charge on any atom is -0.352 e. The van der Waals surface area contributed by atoms with E-state index in [1.165, 1.54) is 32.1 Å². The van der Waals surface area contributed by atoms with Gasteiger partial charge in [-0.1, -0.05) is 50.9 Å². The highest BCUT2D eigenvalue weighted by Gasteiger charge is 2.05. The molecule has 0 spiro atoms. The van der Waals surface area contributed by atoms with Gasteiger partial charge in [0.15, 0.2) is 0 Å². The van der Waals surface area contributed by atoms with Crippen molar-refractivity contribution in [1.82, 2.24) is 10.3 Å². The smallest absolute Gasteiger partial charge is 0.252 e. The zero-order chi connectivity index (χ0) is 15.3. The Bertz CT molecular complexity index is 488. The van der Waals surface area contributed by atoms with Crippen LogP contribution in [0.3, 0.4) is 0 Å². The molecule has 0 aliphatic carbocycles. The molecule has 0 bridgehead atoms. The maximum atomic E-state index is 12.0. The number of rotatable bonds is 8. The van der Waals surface area contributed by atoms with Crippen molar-refractivity contribution in [2.24, 2.45) is 5.73 Å². The van der Waals surface area contributed by atoms with Gasteiger partial charge in [0.1, 0.15) is 0 Å². The minimum absolute atomic E-state index is 0.0903. The van der Waals surface area contributed by atoms with Crippen LogP contribution in [-0.4, -0.2) is 24.0 Å². The molecule has 0 aromatic carbocycles. The van der Waals surface area contributed by atoms with Crippen molar-refractivity contribution in [3.63, 3.8) is 0 Å². The molecule has 3 N–H and O–H groups in total. The number of amides is 1. The second-order valence-electron chi connectivity index (χ2n) is 4.99. The Morgan fingerprint density at radius 1 is 1.24 bits per heavy atom. The summed E-state index contributed by atoms with van der Waals surface area (Å²) in [5.41, 5.74) is 6.59. The zero-order valence-corrected chi connectivity index (χ0v) is 12.8. The van der Waals surface area contributed by atoms with E-state index in [1.54, 1.807) is 18.5 Å². The van der Waals surface area contributed by atoms with E-state index in [2.05, 4.69) is 29.1 Å². The molecule has 0 aliphatic rings. The third kappa shape index (κ3) is 7.48. The molecule has 0 atom stereocenters. The Labute approximate surface area is 127 Å². The number of nitrogens with zero attached hydrogens (tertiary/aromatic N) is 1. The molecule has 1 aromatic heterocycles. The highest BCUT2D eigenvalue weighted by molar-refractivity contribution is 5.94. The summed E-state index contributed by atoms with van der Waals surface area (Å²) in [6.45, 7) is 3.22. The predicted octanol–water partition coefficient (Wildman–Crippen LogP) is 2.48. The molecule has 0 aliphatic heterocycles. The van der Waals surface area contributed by atoms with E-state index in [4.69, 9.17) is 5.73 Å². The second kappa shape index (κ2) is 10.9. The third-order valence-corrected chi connectivity index (χ3v) is 3.15. The lowest BCUT2D eigenvalue weighted by Gasteiger charge is -2.05. The standard InChI is InChI=1S/C17H25N3O/c1-2-3-4-5-6-7-11-20-17(21)16-12-15(9-8-10-18)13-19-14-16/h12-14H,2-7,10-11,18H2,1H3,(H,20,21). The predicted molar refractivity (Wildman–Crippen MR) is 85.9 cm³/mol. The lowest BCUT2D eigenvalue weighted by molar-refractivity contribution is 0.0952. The number of unbranched alkanes of at least 4 members (excludes halogenated alkanes) is 5. The number of carbonyl (C=O) groups is 1. The molecule has 0 fully saturated rings. The molecule has 0 radical (unpaired) electrons. The van der Waals surface area contributed by atoms with Crippen LogP contribution in [0, 0.1) is 11.8 Å². The Hall–Kier alpha value is -1.86. The molecular weight excluding hydrogens is 262 g/mol. The Kier molecular flexibility index (Phi) is 8.90. The summed E-state index contributed by atoms with van der Waals surface area (Å²) in [5, 5.41) is 2.92. The van der Waals surface area contributed by atoms with Crippen LogP contribution in [0.4, 0.5) is 0 Å². The number of nitrogens with two attached hydrogens (primary N) is 1. The van der Waals surface area contributed by atoms with Crippen LogP contribution in [0.2, 0.25) is 0 Å². The maximum absolute atomic E-state index is 12.0. The molecule has 1 amide bonds. The first-order chi connectivity index (χ1) is 10.3. The monoisotopic (exact) mass is 287 g/mol. The van der Waals surface area contributed by atoms with E-state index >= 15 is 0 Å². The number of pyridine rings is 1. The second-order valence-corrected chi connectivity index (χ2v) is 4.99. The Balaban J connectivity index is 2.32.